The summed E-state index contributed by atoms with van der Waals surface area (Å²) in [5.74, 6) is 0.115. The number of H-pyrrole nitrogens is 1. The summed E-state index contributed by atoms with van der Waals surface area (Å²) in [6, 6.07) is 8.85. The van der Waals surface area contributed by atoms with Crippen molar-refractivity contribution in [3.63, 3.8) is 0 Å². The van der Waals surface area contributed by atoms with Gasteiger partial charge in [0.1, 0.15) is 0 Å². The molecular weight excluding hydrogens is 226 g/mol. The molecule has 1 N–H and O–H groups in total. The van der Waals surface area contributed by atoms with Crippen LogP contribution in [0.3, 0.4) is 0 Å². The number of aromatic amines is 1. The number of nitrogens with zero attached hydrogens (tertiary/aromatic N) is 2. The molecule has 1 radical (unpaired) electrons. The molecule has 1 aliphatic heterocycles. The Morgan fingerprint density at radius 2 is 2.06 bits per heavy atom. The summed E-state index contributed by atoms with van der Waals surface area (Å²) in [5.41, 5.74) is 1.64. The fourth-order valence-corrected chi connectivity index (χ4v) is 2.37. The third-order valence-electron chi connectivity index (χ3n) is 3.53. The van der Waals surface area contributed by atoms with Gasteiger partial charge in [-0.25, -0.2) is 0 Å². The molecule has 2 aromatic rings. The molecule has 3 rings (SSSR count). The van der Waals surface area contributed by atoms with E-state index in [2.05, 4.69) is 23.0 Å². The molecule has 0 atom stereocenters. The van der Waals surface area contributed by atoms with Crippen molar-refractivity contribution in [2.45, 2.75) is 0 Å². The van der Waals surface area contributed by atoms with Gasteiger partial charge in [0.15, 0.2) is 0 Å². The SMILES string of the molecule is CN1CCN(C(=O)c2cccc3[c]c[nH]c23)CC1. The van der Waals surface area contributed by atoms with Crippen LogP contribution in [0.25, 0.3) is 10.9 Å². The highest BCUT2D eigenvalue weighted by molar-refractivity contribution is 6.05. The molecule has 93 valence electrons. The number of fused-ring (bicyclic) bond motifs is 1. The highest BCUT2D eigenvalue weighted by atomic mass is 16.2. The van der Waals surface area contributed by atoms with Gasteiger partial charge in [-0.15, -0.1) is 0 Å². The largest absolute Gasteiger partial charge is 0.360 e. The number of carbonyl (C=O) groups excluding carboxylic acids is 1. The van der Waals surface area contributed by atoms with E-state index in [1.54, 1.807) is 6.20 Å². The van der Waals surface area contributed by atoms with Crippen molar-refractivity contribution in [2.24, 2.45) is 0 Å². The summed E-state index contributed by atoms with van der Waals surface area (Å²) in [6.07, 6.45) is 1.76. The Balaban J connectivity index is 1.90. The molecule has 0 bridgehead atoms. The fourth-order valence-electron chi connectivity index (χ4n) is 2.37. The summed E-state index contributed by atoms with van der Waals surface area (Å²) >= 11 is 0. The van der Waals surface area contributed by atoms with E-state index >= 15 is 0 Å². The van der Waals surface area contributed by atoms with Gasteiger partial charge in [-0.05, 0) is 13.1 Å². The average molecular weight is 242 g/mol. The molecule has 4 heteroatoms. The lowest BCUT2D eigenvalue weighted by Crippen LogP contribution is -2.47. The van der Waals surface area contributed by atoms with E-state index in [4.69, 9.17) is 0 Å². The van der Waals surface area contributed by atoms with E-state index in [0.717, 1.165) is 42.6 Å². The number of likely N-dealkylation sites (N-methyl/N-ethyl adjacent to an activating group) is 1. The van der Waals surface area contributed by atoms with Gasteiger partial charge < -0.3 is 14.8 Å². The van der Waals surface area contributed by atoms with E-state index in [9.17, 15) is 4.79 Å². The number of hydrogen-bond donors (Lipinski definition) is 1. The number of amides is 1. The molecule has 1 aromatic carbocycles. The average Bonchev–Trinajstić information content (AvgIpc) is 2.87. The van der Waals surface area contributed by atoms with E-state index in [0.29, 0.717) is 0 Å². The van der Waals surface area contributed by atoms with Gasteiger partial charge in [0.05, 0.1) is 11.1 Å². The van der Waals surface area contributed by atoms with Crippen LogP contribution in [-0.2, 0) is 0 Å². The van der Waals surface area contributed by atoms with E-state index in [-0.39, 0.29) is 5.91 Å². The van der Waals surface area contributed by atoms with Gasteiger partial charge in [0.2, 0.25) is 0 Å². The van der Waals surface area contributed by atoms with Gasteiger partial charge in [-0.2, -0.15) is 0 Å². The Morgan fingerprint density at radius 3 is 2.83 bits per heavy atom. The highest BCUT2D eigenvalue weighted by Crippen LogP contribution is 2.18. The Labute approximate surface area is 106 Å². The first-order valence-electron chi connectivity index (χ1n) is 6.21. The lowest BCUT2D eigenvalue weighted by molar-refractivity contribution is 0.0666. The van der Waals surface area contributed by atoms with Gasteiger partial charge >= 0.3 is 0 Å². The highest BCUT2D eigenvalue weighted by Gasteiger charge is 2.21. The summed E-state index contributed by atoms with van der Waals surface area (Å²) in [4.78, 5) is 19.8. The van der Waals surface area contributed by atoms with Crippen LogP contribution in [0.1, 0.15) is 10.4 Å². The van der Waals surface area contributed by atoms with Crippen molar-refractivity contribution >= 4 is 16.8 Å². The van der Waals surface area contributed by atoms with E-state index in [1.165, 1.54) is 0 Å². The van der Waals surface area contributed by atoms with Crippen LogP contribution in [0.2, 0.25) is 0 Å². The van der Waals surface area contributed by atoms with Gasteiger partial charge in [-0.3, -0.25) is 4.79 Å². The summed E-state index contributed by atoms with van der Waals surface area (Å²) < 4.78 is 0. The normalized spacial score (nSPS) is 17.3. The standard InChI is InChI=1S/C14H16N3O/c1-16-7-9-17(10-8-16)14(18)12-4-2-3-11-5-6-15-13(11)12/h2-4,6,15H,7-10H2,1H3. The Kier molecular flexibility index (Phi) is 2.80. The van der Waals surface area contributed by atoms with E-state index in [1.807, 2.05) is 23.1 Å². The Bertz CT molecular complexity index is 567. The number of rotatable bonds is 1. The summed E-state index contributed by atoms with van der Waals surface area (Å²) in [5, 5.41) is 0.968. The molecule has 4 nitrogen and oxygen atoms in total. The topological polar surface area (TPSA) is 39.3 Å². The number of aromatic nitrogens is 1. The molecule has 0 aliphatic carbocycles. The number of nitrogens with one attached hydrogen (secondary N) is 1. The van der Waals surface area contributed by atoms with E-state index < -0.39 is 0 Å². The zero-order valence-corrected chi connectivity index (χ0v) is 10.4. The van der Waals surface area contributed by atoms with Crippen LogP contribution in [0.15, 0.2) is 24.4 Å². The third-order valence-corrected chi connectivity index (χ3v) is 3.53. The molecule has 1 amide bonds. The maximum atomic E-state index is 12.5. The number of benzene rings is 1. The third kappa shape index (κ3) is 1.88. The minimum atomic E-state index is 0.115. The number of para-hydroxylation sites is 1. The zero-order valence-electron chi connectivity index (χ0n) is 10.4. The first-order chi connectivity index (χ1) is 8.75. The van der Waals surface area contributed by atoms with Crippen LogP contribution in [0, 0.1) is 6.07 Å². The quantitative estimate of drug-likeness (QED) is 0.820. The molecule has 1 saturated heterocycles. The van der Waals surface area contributed by atoms with Gasteiger partial charge in [0.25, 0.3) is 5.91 Å². The maximum Gasteiger partial charge on any atom is 0.256 e. The van der Waals surface area contributed by atoms with Gasteiger partial charge in [0, 0.05) is 43.8 Å². The smallest absolute Gasteiger partial charge is 0.256 e. The monoisotopic (exact) mass is 242 g/mol. The van der Waals surface area contributed by atoms with Crippen molar-refractivity contribution in [1.82, 2.24) is 14.8 Å². The summed E-state index contributed by atoms with van der Waals surface area (Å²) in [6.45, 7) is 3.49. The molecule has 0 saturated carbocycles. The van der Waals surface area contributed by atoms with Crippen molar-refractivity contribution < 1.29 is 4.79 Å². The second-order valence-electron chi connectivity index (χ2n) is 4.76. The van der Waals surface area contributed by atoms with Crippen LogP contribution in [0.5, 0.6) is 0 Å². The zero-order chi connectivity index (χ0) is 12.5. The molecule has 1 aliphatic rings. The van der Waals surface area contributed by atoms with Crippen molar-refractivity contribution in [3.05, 3.63) is 36.0 Å². The Morgan fingerprint density at radius 1 is 1.28 bits per heavy atom. The van der Waals surface area contributed by atoms with Crippen molar-refractivity contribution in [1.29, 1.82) is 0 Å². The minimum absolute atomic E-state index is 0.115. The van der Waals surface area contributed by atoms with Crippen LogP contribution in [0.4, 0.5) is 0 Å². The summed E-state index contributed by atoms with van der Waals surface area (Å²) in [7, 11) is 2.09. The van der Waals surface area contributed by atoms with Crippen LogP contribution in [-0.4, -0.2) is 53.9 Å². The number of piperazine rings is 1. The number of hydrogen-bond acceptors (Lipinski definition) is 2. The Hall–Kier alpha value is -1.81. The lowest BCUT2D eigenvalue weighted by atomic mass is 10.1. The lowest BCUT2D eigenvalue weighted by Gasteiger charge is -2.32. The first kappa shape index (κ1) is 11.3. The molecule has 2 heterocycles. The fraction of sp³-hybridized carbons (Fsp3) is 0.357. The molecule has 1 aromatic heterocycles. The minimum Gasteiger partial charge on any atom is -0.360 e. The number of carbonyl (C=O) groups is 1. The second-order valence-corrected chi connectivity index (χ2v) is 4.76. The maximum absolute atomic E-state index is 12.5. The second kappa shape index (κ2) is 4.46. The predicted octanol–water partition coefficient (Wildman–Crippen LogP) is 1.36. The van der Waals surface area contributed by atoms with Crippen molar-refractivity contribution in [2.75, 3.05) is 33.2 Å². The van der Waals surface area contributed by atoms with Crippen LogP contribution >= 0.6 is 0 Å². The molecule has 0 spiro atoms. The van der Waals surface area contributed by atoms with Crippen LogP contribution < -0.4 is 0 Å². The van der Waals surface area contributed by atoms with Crippen molar-refractivity contribution in [3.8, 4) is 0 Å². The molecular formula is C14H16N3O. The van der Waals surface area contributed by atoms with Gasteiger partial charge in [-0.1, -0.05) is 12.1 Å². The first-order valence-corrected chi connectivity index (χ1v) is 6.21. The molecule has 18 heavy (non-hydrogen) atoms. The molecule has 0 unspecified atom stereocenters. The molecule has 1 fully saturated rings. The predicted molar refractivity (Wildman–Crippen MR) is 70.5 cm³/mol.